The Balaban J connectivity index is 1.97. The van der Waals surface area contributed by atoms with E-state index < -0.39 is 5.97 Å². The quantitative estimate of drug-likeness (QED) is 0.783. The summed E-state index contributed by atoms with van der Waals surface area (Å²) >= 11 is 0. The summed E-state index contributed by atoms with van der Waals surface area (Å²) in [5, 5.41) is 9.32. The number of rotatable bonds is 7. The molecule has 1 saturated heterocycles. The van der Waals surface area contributed by atoms with Crippen LogP contribution in [0.2, 0.25) is 0 Å². The highest BCUT2D eigenvalue weighted by atomic mass is 16.5. The number of nitrogens with zero attached hydrogens (tertiary/aromatic N) is 1. The molecule has 1 heterocycles. The van der Waals surface area contributed by atoms with Crippen LogP contribution in [0, 0.1) is 0 Å². The number of hydrogen-bond acceptors (Lipinski definition) is 3. The molecular weight excluding hydrogens is 266 g/mol. The lowest BCUT2D eigenvalue weighted by molar-refractivity contribution is -0.144. The molecule has 1 fully saturated rings. The van der Waals surface area contributed by atoms with E-state index in [2.05, 4.69) is 11.8 Å². The summed E-state index contributed by atoms with van der Waals surface area (Å²) in [6.07, 6.45) is 5.01. The predicted molar refractivity (Wildman–Crippen MR) is 82.5 cm³/mol. The number of carbonyl (C=O) groups is 1. The number of hydrogen-bond donors (Lipinski definition) is 1. The van der Waals surface area contributed by atoms with E-state index in [9.17, 15) is 9.90 Å². The van der Waals surface area contributed by atoms with E-state index in [0.717, 1.165) is 56.6 Å². The molecule has 0 aliphatic carbocycles. The second-order valence-electron chi connectivity index (χ2n) is 5.67. The number of benzene rings is 1. The lowest BCUT2D eigenvalue weighted by Gasteiger charge is -2.32. The van der Waals surface area contributed by atoms with Crippen LogP contribution in [0.5, 0.6) is 5.75 Å². The van der Waals surface area contributed by atoms with E-state index in [0.29, 0.717) is 6.54 Å². The highest BCUT2D eigenvalue weighted by Crippen LogP contribution is 2.22. The van der Waals surface area contributed by atoms with Gasteiger partial charge in [-0.25, -0.2) is 0 Å². The number of carboxylic acids is 1. The number of aliphatic carboxylic acids is 1. The van der Waals surface area contributed by atoms with Crippen LogP contribution in [0.4, 0.5) is 0 Å². The molecule has 0 amide bonds. The van der Waals surface area contributed by atoms with Gasteiger partial charge in [0.15, 0.2) is 0 Å². The van der Waals surface area contributed by atoms with Gasteiger partial charge in [0.05, 0.1) is 6.61 Å². The summed E-state index contributed by atoms with van der Waals surface area (Å²) in [7, 11) is 0. The minimum absolute atomic E-state index is 0.344. The van der Waals surface area contributed by atoms with Crippen LogP contribution in [-0.4, -0.2) is 35.2 Å². The minimum Gasteiger partial charge on any atom is -0.494 e. The highest BCUT2D eigenvalue weighted by Gasteiger charge is 2.28. The maximum absolute atomic E-state index is 11.3. The Bertz CT molecular complexity index is 461. The Morgan fingerprint density at radius 2 is 2.29 bits per heavy atom. The first kappa shape index (κ1) is 15.8. The van der Waals surface area contributed by atoms with Crippen LogP contribution in [0.3, 0.4) is 0 Å². The first-order chi connectivity index (χ1) is 10.2. The monoisotopic (exact) mass is 291 g/mol. The fraction of sp³-hybridized carbons (Fsp3) is 0.588. The van der Waals surface area contributed by atoms with Gasteiger partial charge in [-0.3, -0.25) is 9.69 Å². The van der Waals surface area contributed by atoms with Gasteiger partial charge in [0, 0.05) is 6.54 Å². The number of ether oxygens (including phenoxy) is 1. The van der Waals surface area contributed by atoms with Crippen molar-refractivity contribution in [1.82, 2.24) is 4.90 Å². The molecule has 1 atom stereocenters. The Morgan fingerprint density at radius 1 is 1.43 bits per heavy atom. The fourth-order valence-corrected chi connectivity index (χ4v) is 2.76. The summed E-state index contributed by atoms with van der Waals surface area (Å²) in [6.45, 7) is 4.42. The van der Waals surface area contributed by atoms with Crippen molar-refractivity contribution < 1.29 is 14.6 Å². The molecule has 1 aliphatic heterocycles. The SMILES string of the molecule is CCCCOc1cccc(CN2CCCCC2C(=O)O)c1. The molecular formula is C17H25NO3. The van der Waals surface area contributed by atoms with Crippen LogP contribution in [0.1, 0.15) is 44.6 Å². The molecule has 0 aromatic heterocycles. The van der Waals surface area contributed by atoms with Crippen molar-refractivity contribution in [1.29, 1.82) is 0 Å². The summed E-state index contributed by atoms with van der Waals surface area (Å²) in [5.74, 6) is 0.176. The van der Waals surface area contributed by atoms with Crippen molar-refractivity contribution in [3.63, 3.8) is 0 Å². The van der Waals surface area contributed by atoms with Gasteiger partial charge < -0.3 is 9.84 Å². The van der Waals surface area contributed by atoms with E-state index in [1.165, 1.54) is 0 Å². The molecule has 4 nitrogen and oxygen atoms in total. The average molecular weight is 291 g/mol. The van der Waals surface area contributed by atoms with Crippen LogP contribution in [0.25, 0.3) is 0 Å². The van der Waals surface area contributed by atoms with Crippen molar-refractivity contribution >= 4 is 5.97 Å². The molecule has 1 aliphatic rings. The van der Waals surface area contributed by atoms with E-state index in [1.54, 1.807) is 0 Å². The van der Waals surface area contributed by atoms with Crippen molar-refractivity contribution in [3.05, 3.63) is 29.8 Å². The zero-order valence-electron chi connectivity index (χ0n) is 12.8. The lowest BCUT2D eigenvalue weighted by Crippen LogP contribution is -2.43. The number of piperidine rings is 1. The van der Waals surface area contributed by atoms with Crippen LogP contribution >= 0.6 is 0 Å². The van der Waals surface area contributed by atoms with E-state index in [1.807, 2.05) is 24.3 Å². The minimum atomic E-state index is -0.704. The second-order valence-corrected chi connectivity index (χ2v) is 5.67. The van der Waals surface area contributed by atoms with Crippen molar-refractivity contribution in [2.24, 2.45) is 0 Å². The molecule has 4 heteroatoms. The first-order valence-electron chi connectivity index (χ1n) is 7.89. The number of carboxylic acid groups (broad SMARTS) is 1. The number of likely N-dealkylation sites (tertiary alicyclic amines) is 1. The molecule has 0 radical (unpaired) electrons. The van der Waals surface area contributed by atoms with Gasteiger partial charge in [-0.1, -0.05) is 31.9 Å². The van der Waals surface area contributed by atoms with Gasteiger partial charge in [-0.2, -0.15) is 0 Å². The molecule has 2 rings (SSSR count). The lowest BCUT2D eigenvalue weighted by atomic mass is 10.0. The molecule has 0 saturated carbocycles. The third-order valence-corrected chi connectivity index (χ3v) is 3.95. The zero-order chi connectivity index (χ0) is 15.1. The largest absolute Gasteiger partial charge is 0.494 e. The molecule has 21 heavy (non-hydrogen) atoms. The van der Waals surface area contributed by atoms with Gasteiger partial charge >= 0.3 is 5.97 Å². The Labute approximate surface area is 126 Å². The molecule has 1 aromatic carbocycles. The van der Waals surface area contributed by atoms with E-state index in [4.69, 9.17) is 4.74 Å². The molecule has 116 valence electrons. The molecule has 1 unspecified atom stereocenters. The summed E-state index contributed by atoms with van der Waals surface area (Å²) < 4.78 is 5.72. The highest BCUT2D eigenvalue weighted by molar-refractivity contribution is 5.73. The third kappa shape index (κ3) is 4.74. The van der Waals surface area contributed by atoms with Crippen LogP contribution in [-0.2, 0) is 11.3 Å². The van der Waals surface area contributed by atoms with Gasteiger partial charge in [0.1, 0.15) is 11.8 Å². The summed E-state index contributed by atoms with van der Waals surface area (Å²) in [6, 6.07) is 7.67. The van der Waals surface area contributed by atoms with Crippen LogP contribution < -0.4 is 4.74 Å². The van der Waals surface area contributed by atoms with Crippen molar-refractivity contribution in [3.8, 4) is 5.75 Å². The standard InChI is InChI=1S/C17H25NO3/c1-2-3-11-21-15-8-6-7-14(12-15)13-18-10-5-4-9-16(18)17(19)20/h6-8,12,16H,2-5,9-11,13H2,1H3,(H,19,20). The molecule has 0 bridgehead atoms. The maximum Gasteiger partial charge on any atom is 0.320 e. The molecule has 1 aromatic rings. The third-order valence-electron chi connectivity index (χ3n) is 3.95. The normalized spacial score (nSPS) is 19.4. The topological polar surface area (TPSA) is 49.8 Å². The molecule has 0 spiro atoms. The summed E-state index contributed by atoms with van der Waals surface area (Å²) in [5.41, 5.74) is 1.12. The van der Waals surface area contributed by atoms with Gasteiger partial charge in [-0.05, 0) is 43.5 Å². The number of unbranched alkanes of at least 4 members (excludes halogenated alkanes) is 1. The second kappa shape index (κ2) is 8.03. The summed E-state index contributed by atoms with van der Waals surface area (Å²) in [4.78, 5) is 13.4. The van der Waals surface area contributed by atoms with Gasteiger partial charge in [0.2, 0.25) is 0 Å². The van der Waals surface area contributed by atoms with Gasteiger partial charge in [-0.15, -0.1) is 0 Å². The maximum atomic E-state index is 11.3. The van der Waals surface area contributed by atoms with E-state index >= 15 is 0 Å². The van der Waals surface area contributed by atoms with Crippen LogP contribution in [0.15, 0.2) is 24.3 Å². The average Bonchev–Trinajstić information content (AvgIpc) is 2.48. The Morgan fingerprint density at radius 3 is 3.05 bits per heavy atom. The fourth-order valence-electron chi connectivity index (χ4n) is 2.76. The molecule has 1 N–H and O–H groups in total. The first-order valence-corrected chi connectivity index (χ1v) is 7.89. The smallest absolute Gasteiger partial charge is 0.320 e. The zero-order valence-corrected chi connectivity index (χ0v) is 12.8. The Kier molecular flexibility index (Phi) is 6.05. The van der Waals surface area contributed by atoms with E-state index in [-0.39, 0.29) is 6.04 Å². The van der Waals surface area contributed by atoms with Crippen molar-refractivity contribution in [2.45, 2.75) is 51.6 Å². The van der Waals surface area contributed by atoms with Gasteiger partial charge in [0.25, 0.3) is 0 Å². The predicted octanol–water partition coefficient (Wildman–Crippen LogP) is 3.30. The Hall–Kier alpha value is -1.55. The van der Waals surface area contributed by atoms with Crippen molar-refractivity contribution in [2.75, 3.05) is 13.2 Å².